The summed E-state index contributed by atoms with van der Waals surface area (Å²) in [5, 5.41) is 0. The Balaban J connectivity index is 1.64. The van der Waals surface area contributed by atoms with Crippen molar-refractivity contribution >= 4 is 29.1 Å². The zero-order valence-corrected chi connectivity index (χ0v) is 21.7. The molecule has 1 unspecified atom stereocenters. The lowest BCUT2D eigenvalue weighted by atomic mass is 9.93. The van der Waals surface area contributed by atoms with Crippen molar-refractivity contribution < 1.29 is 19.0 Å². The molecule has 0 aliphatic carbocycles. The van der Waals surface area contributed by atoms with Gasteiger partial charge in [-0.15, -0.1) is 0 Å². The minimum absolute atomic E-state index is 0.119. The van der Waals surface area contributed by atoms with Crippen LogP contribution in [0.1, 0.15) is 35.2 Å². The Morgan fingerprint density at radius 3 is 2.61 bits per heavy atom. The fraction of sp³-hybridized carbons (Fsp3) is 0.167. The average molecular weight is 525 g/mol. The number of hydrogen-bond acceptors (Lipinski definition) is 7. The Kier molecular flexibility index (Phi) is 6.17. The van der Waals surface area contributed by atoms with Gasteiger partial charge in [0.1, 0.15) is 0 Å². The lowest BCUT2D eigenvalue weighted by molar-refractivity contribution is -0.138. The van der Waals surface area contributed by atoms with E-state index in [0.717, 1.165) is 16.7 Å². The molecule has 6 rings (SSSR count). The van der Waals surface area contributed by atoms with Gasteiger partial charge in [0.25, 0.3) is 5.56 Å². The third kappa shape index (κ3) is 4.22. The molecule has 7 nitrogen and oxygen atoms in total. The SMILES string of the molecule is CCOC(=O)C1=C(c2ccccc2)N=c2s/c(=C\c3ccc(C)cc3)c(=O)n2C1c1ccc2c(c1)OCO2. The molecule has 1 atom stereocenters. The van der Waals surface area contributed by atoms with Gasteiger partial charge in [0.05, 0.1) is 28.5 Å². The third-order valence-electron chi connectivity index (χ3n) is 6.46. The van der Waals surface area contributed by atoms with Crippen molar-refractivity contribution in [2.45, 2.75) is 19.9 Å². The van der Waals surface area contributed by atoms with Crippen molar-refractivity contribution in [3.05, 3.63) is 120 Å². The minimum Gasteiger partial charge on any atom is -0.463 e. The van der Waals surface area contributed by atoms with Gasteiger partial charge >= 0.3 is 5.97 Å². The van der Waals surface area contributed by atoms with Gasteiger partial charge in [-0.1, -0.05) is 77.6 Å². The van der Waals surface area contributed by atoms with Gasteiger partial charge in [0.2, 0.25) is 6.79 Å². The zero-order chi connectivity index (χ0) is 26.2. The summed E-state index contributed by atoms with van der Waals surface area (Å²) in [4.78, 5) is 32.8. The molecular weight excluding hydrogens is 500 g/mol. The van der Waals surface area contributed by atoms with Crippen molar-refractivity contribution in [3.8, 4) is 11.5 Å². The van der Waals surface area contributed by atoms with Crippen LogP contribution in [0.3, 0.4) is 0 Å². The number of thiazole rings is 1. The molecule has 3 heterocycles. The van der Waals surface area contributed by atoms with Gasteiger partial charge in [-0.05, 0) is 43.2 Å². The summed E-state index contributed by atoms with van der Waals surface area (Å²) in [6.45, 7) is 4.09. The molecular formula is C30H24N2O5S. The summed E-state index contributed by atoms with van der Waals surface area (Å²) in [5.74, 6) is 0.654. The van der Waals surface area contributed by atoms with Crippen LogP contribution in [0.25, 0.3) is 11.8 Å². The maximum Gasteiger partial charge on any atom is 0.338 e. The largest absolute Gasteiger partial charge is 0.463 e. The molecule has 190 valence electrons. The molecule has 3 aromatic carbocycles. The number of fused-ring (bicyclic) bond motifs is 2. The van der Waals surface area contributed by atoms with E-state index in [-0.39, 0.29) is 19.0 Å². The van der Waals surface area contributed by atoms with Crippen molar-refractivity contribution in [1.82, 2.24) is 4.57 Å². The van der Waals surface area contributed by atoms with E-state index in [9.17, 15) is 9.59 Å². The first-order valence-electron chi connectivity index (χ1n) is 12.3. The van der Waals surface area contributed by atoms with E-state index in [2.05, 4.69) is 0 Å². The third-order valence-corrected chi connectivity index (χ3v) is 7.44. The molecule has 2 aliphatic heterocycles. The molecule has 2 aliphatic rings. The Labute approximate surface area is 222 Å². The standard InChI is InChI=1S/C30H24N2O5S/c1-3-35-29(34)25-26(20-7-5-4-6-8-20)31-30-32(27(25)21-13-14-22-23(16-21)37-17-36-22)28(33)24(38-30)15-19-11-9-18(2)10-12-19/h4-16,27H,3,17H2,1-2H3/b24-15-. The van der Waals surface area contributed by atoms with Gasteiger partial charge in [0.15, 0.2) is 16.3 Å². The number of rotatable bonds is 5. The maximum atomic E-state index is 13.9. The first kappa shape index (κ1) is 23.9. The molecule has 0 radical (unpaired) electrons. The van der Waals surface area contributed by atoms with Crippen LogP contribution in [0, 0.1) is 6.92 Å². The predicted molar refractivity (Wildman–Crippen MR) is 145 cm³/mol. The topological polar surface area (TPSA) is 79.1 Å². The summed E-state index contributed by atoms with van der Waals surface area (Å²) in [7, 11) is 0. The molecule has 0 saturated heterocycles. The van der Waals surface area contributed by atoms with Gasteiger partial charge < -0.3 is 14.2 Å². The number of nitrogens with zero attached hydrogens (tertiary/aromatic N) is 2. The molecule has 0 saturated carbocycles. The van der Waals surface area contributed by atoms with Crippen LogP contribution in [-0.4, -0.2) is 23.9 Å². The molecule has 4 aromatic rings. The van der Waals surface area contributed by atoms with Crippen LogP contribution in [0.4, 0.5) is 0 Å². The van der Waals surface area contributed by atoms with Crippen molar-refractivity contribution in [2.75, 3.05) is 13.4 Å². The molecule has 0 amide bonds. The van der Waals surface area contributed by atoms with Crippen LogP contribution in [-0.2, 0) is 9.53 Å². The zero-order valence-electron chi connectivity index (χ0n) is 20.8. The number of esters is 1. The summed E-state index contributed by atoms with van der Waals surface area (Å²) >= 11 is 1.30. The second kappa shape index (κ2) is 9.79. The van der Waals surface area contributed by atoms with Crippen molar-refractivity contribution in [1.29, 1.82) is 0 Å². The monoisotopic (exact) mass is 524 g/mol. The average Bonchev–Trinajstić information content (AvgIpc) is 3.53. The number of ether oxygens (including phenoxy) is 3. The van der Waals surface area contributed by atoms with Crippen molar-refractivity contribution in [2.24, 2.45) is 4.99 Å². The Bertz CT molecular complexity index is 1750. The highest BCUT2D eigenvalue weighted by atomic mass is 32.1. The van der Waals surface area contributed by atoms with Gasteiger partial charge in [-0.2, -0.15) is 0 Å². The minimum atomic E-state index is -0.768. The number of carbonyl (C=O) groups excluding carboxylic acids is 1. The highest BCUT2D eigenvalue weighted by Crippen LogP contribution is 2.40. The second-order valence-corrected chi connectivity index (χ2v) is 9.96. The van der Waals surface area contributed by atoms with Crippen LogP contribution in [0.2, 0.25) is 0 Å². The number of benzene rings is 3. The fourth-order valence-electron chi connectivity index (χ4n) is 4.65. The summed E-state index contributed by atoms with van der Waals surface area (Å²) in [6.07, 6.45) is 1.86. The molecule has 0 N–H and O–H groups in total. The van der Waals surface area contributed by atoms with E-state index >= 15 is 0 Å². The van der Waals surface area contributed by atoms with Gasteiger partial charge in [0, 0.05) is 5.56 Å². The first-order valence-corrected chi connectivity index (χ1v) is 13.1. The summed E-state index contributed by atoms with van der Waals surface area (Å²) in [6, 6.07) is 22.1. The Hall–Kier alpha value is -4.43. The predicted octanol–water partition coefficient (Wildman–Crippen LogP) is 3.97. The molecule has 0 bridgehead atoms. The lowest BCUT2D eigenvalue weighted by Crippen LogP contribution is -2.40. The fourth-order valence-corrected chi connectivity index (χ4v) is 5.65. The highest BCUT2D eigenvalue weighted by Gasteiger charge is 2.36. The lowest BCUT2D eigenvalue weighted by Gasteiger charge is -2.26. The van der Waals surface area contributed by atoms with Crippen LogP contribution in [0.15, 0.2) is 88.2 Å². The first-order chi connectivity index (χ1) is 18.5. The van der Waals surface area contributed by atoms with E-state index in [0.29, 0.717) is 37.7 Å². The normalized spacial score (nSPS) is 16.3. The Morgan fingerprint density at radius 2 is 1.84 bits per heavy atom. The maximum absolute atomic E-state index is 13.9. The quantitative estimate of drug-likeness (QED) is 0.369. The van der Waals surface area contributed by atoms with E-state index in [1.54, 1.807) is 17.6 Å². The number of hydrogen-bond donors (Lipinski definition) is 0. The molecule has 1 aromatic heterocycles. The highest BCUT2D eigenvalue weighted by molar-refractivity contribution is 7.07. The van der Waals surface area contributed by atoms with Gasteiger partial charge in [-0.3, -0.25) is 9.36 Å². The molecule has 0 spiro atoms. The van der Waals surface area contributed by atoms with Crippen LogP contribution in [0.5, 0.6) is 11.5 Å². The number of carbonyl (C=O) groups is 1. The smallest absolute Gasteiger partial charge is 0.338 e. The van der Waals surface area contributed by atoms with Crippen LogP contribution < -0.4 is 24.4 Å². The van der Waals surface area contributed by atoms with E-state index in [4.69, 9.17) is 19.2 Å². The molecule has 0 fully saturated rings. The summed E-state index contributed by atoms with van der Waals surface area (Å²) in [5.41, 5.74) is 4.06. The number of aryl methyl sites for hydroxylation is 1. The van der Waals surface area contributed by atoms with E-state index in [1.165, 1.54) is 11.3 Å². The second-order valence-electron chi connectivity index (χ2n) is 8.95. The van der Waals surface area contributed by atoms with Gasteiger partial charge in [-0.25, -0.2) is 9.79 Å². The summed E-state index contributed by atoms with van der Waals surface area (Å²) < 4.78 is 18.7. The molecule has 8 heteroatoms. The molecule has 38 heavy (non-hydrogen) atoms. The van der Waals surface area contributed by atoms with Crippen molar-refractivity contribution in [3.63, 3.8) is 0 Å². The van der Waals surface area contributed by atoms with E-state index in [1.807, 2.05) is 79.7 Å². The number of aromatic nitrogens is 1. The van der Waals surface area contributed by atoms with Crippen LogP contribution >= 0.6 is 11.3 Å². The Morgan fingerprint density at radius 1 is 1.08 bits per heavy atom. The van der Waals surface area contributed by atoms with E-state index < -0.39 is 12.0 Å².